The monoisotopic (exact) mass is 280 g/mol. The van der Waals surface area contributed by atoms with Crippen LogP contribution >= 0.6 is 0 Å². The molecule has 0 saturated heterocycles. The number of nitrogens with one attached hydrogen (secondary N) is 1. The predicted octanol–water partition coefficient (Wildman–Crippen LogP) is 1.74. The average molecular weight is 280 g/mol. The Morgan fingerprint density at radius 3 is 2.65 bits per heavy atom. The van der Waals surface area contributed by atoms with Crippen LogP contribution in [0, 0.1) is 5.92 Å². The van der Waals surface area contributed by atoms with Crippen molar-refractivity contribution in [2.45, 2.75) is 38.3 Å². The Hall–Kier alpha value is -1.33. The van der Waals surface area contributed by atoms with Crippen LogP contribution in [-0.4, -0.2) is 37.0 Å². The molecule has 0 amide bonds. The van der Waals surface area contributed by atoms with E-state index in [4.69, 9.17) is 9.47 Å². The van der Waals surface area contributed by atoms with Gasteiger partial charge in [-0.2, -0.15) is 0 Å². The van der Waals surface area contributed by atoms with Crippen LogP contribution in [0.1, 0.15) is 31.4 Å². The summed E-state index contributed by atoms with van der Waals surface area (Å²) in [5.74, 6) is 2.05. The molecule has 0 spiro atoms. The van der Waals surface area contributed by atoms with E-state index in [1.165, 1.54) is 0 Å². The summed E-state index contributed by atoms with van der Waals surface area (Å²) in [4.78, 5) is 4.35. The van der Waals surface area contributed by atoms with Gasteiger partial charge in [0.1, 0.15) is 0 Å². The number of methoxy groups -OCH3 is 2. The van der Waals surface area contributed by atoms with Gasteiger partial charge in [-0.05, 0) is 38.1 Å². The van der Waals surface area contributed by atoms with E-state index in [0.717, 1.165) is 37.9 Å². The molecular formula is C15H24N2O3. The van der Waals surface area contributed by atoms with Crippen LogP contribution in [0.4, 0.5) is 0 Å². The van der Waals surface area contributed by atoms with Gasteiger partial charge in [-0.1, -0.05) is 0 Å². The van der Waals surface area contributed by atoms with Gasteiger partial charge < -0.3 is 19.9 Å². The topological polar surface area (TPSA) is 63.6 Å². The Balaban J connectivity index is 1.85. The summed E-state index contributed by atoms with van der Waals surface area (Å²) >= 11 is 0. The minimum atomic E-state index is -0.0913. The Bertz CT molecular complexity index is 418. The van der Waals surface area contributed by atoms with E-state index in [0.29, 0.717) is 24.0 Å². The second kappa shape index (κ2) is 7.45. The molecule has 2 N–H and O–H groups in total. The van der Waals surface area contributed by atoms with Crippen molar-refractivity contribution in [2.75, 3.05) is 20.8 Å². The Morgan fingerprint density at radius 2 is 2.00 bits per heavy atom. The van der Waals surface area contributed by atoms with Gasteiger partial charge in [0.25, 0.3) is 0 Å². The fourth-order valence-corrected chi connectivity index (χ4v) is 2.72. The quantitative estimate of drug-likeness (QED) is 0.831. The molecular weight excluding hydrogens is 256 g/mol. The zero-order chi connectivity index (χ0) is 14.4. The minimum absolute atomic E-state index is 0.0913. The Morgan fingerprint density at radius 1 is 1.25 bits per heavy atom. The number of pyridine rings is 1. The summed E-state index contributed by atoms with van der Waals surface area (Å²) in [7, 11) is 3.26. The van der Waals surface area contributed by atoms with Gasteiger partial charge in [0.05, 0.1) is 26.0 Å². The van der Waals surface area contributed by atoms with Crippen LogP contribution < -0.4 is 14.8 Å². The molecule has 1 aromatic rings. The number of ether oxygens (including phenoxy) is 2. The van der Waals surface area contributed by atoms with E-state index >= 15 is 0 Å². The van der Waals surface area contributed by atoms with Crippen molar-refractivity contribution < 1.29 is 14.6 Å². The minimum Gasteiger partial charge on any atom is -0.493 e. The molecule has 1 aliphatic rings. The number of rotatable bonds is 6. The van der Waals surface area contributed by atoms with Crippen molar-refractivity contribution in [1.82, 2.24) is 10.3 Å². The lowest BCUT2D eigenvalue weighted by Crippen LogP contribution is -2.28. The maximum absolute atomic E-state index is 9.50. The first kappa shape index (κ1) is 15.1. The number of hydrogen-bond acceptors (Lipinski definition) is 5. The molecule has 0 aromatic carbocycles. The highest BCUT2D eigenvalue weighted by Crippen LogP contribution is 2.29. The number of aliphatic hydroxyl groups is 1. The molecule has 2 rings (SSSR count). The van der Waals surface area contributed by atoms with Crippen LogP contribution in [0.2, 0.25) is 0 Å². The van der Waals surface area contributed by atoms with Crippen molar-refractivity contribution >= 4 is 0 Å². The van der Waals surface area contributed by atoms with E-state index in [1.807, 2.05) is 0 Å². The van der Waals surface area contributed by atoms with Crippen molar-refractivity contribution in [3.8, 4) is 11.5 Å². The molecule has 0 atom stereocenters. The number of hydrogen-bond donors (Lipinski definition) is 2. The lowest BCUT2D eigenvalue weighted by atomic mass is 9.87. The molecule has 1 aliphatic carbocycles. The Labute approximate surface area is 120 Å². The summed E-state index contributed by atoms with van der Waals surface area (Å²) in [6.45, 7) is 1.62. The SMILES string of the molecule is COc1ccnc(CNCC2CCC(O)CC2)c1OC. The smallest absolute Gasteiger partial charge is 0.183 e. The molecule has 1 aromatic heterocycles. The lowest BCUT2D eigenvalue weighted by Gasteiger charge is -2.25. The van der Waals surface area contributed by atoms with Crippen molar-refractivity contribution in [1.29, 1.82) is 0 Å². The van der Waals surface area contributed by atoms with Crippen molar-refractivity contribution in [3.05, 3.63) is 18.0 Å². The molecule has 20 heavy (non-hydrogen) atoms. The highest BCUT2D eigenvalue weighted by atomic mass is 16.5. The standard InChI is InChI=1S/C15H24N2O3/c1-19-14-7-8-17-13(15(14)20-2)10-16-9-11-3-5-12(18)6-4-11/h7-8,11-12,16,18H,3-6,9-10H2,1-2H3. The largest absolute Gasteiger partial charge is 0.493 e. The molecule has 5 nitrogen and oxygen atoms in total. The maximum atomic E-state index is 9.50. The maximum Gasteiger partial charge on any atom is 0.183 e. The summed E-state index contributed by atoms with van der Waals surface area (Å²) in [6.07, 6.45) is 5.68. The Kier molecular flexibility index (Phi) is 5.61. The van der Waals surface area contributed by atoms with Crippen molar-refractivity contribution in [2.24, 2.45) is 5.92 Å². The highest BCUT2D eigenvalue weighted by molar-refractivity contribution is 5.42. The fraction of sp³-hybridized carbons (Fsp3) is 0.667. The molecule has 1 fully saturated rings. The summed E-state index contributed by atoms with van der Waals surface area (Å²) in [5, 5.41) is 12.9. The van der Waals surface area contributed by atoms with Gasteiger partial charge in [0.2, 0.25) is 0 Å². The van der Waals surface area contributed by atoms with Crippen LogP contribution in [-0.2, 0) is 6.54 Å². The van der Waals surface area contributed by atoms with E-state index in [2.05, 4.69) is 10.3 Å². The summed E-state index contributed by atoms with van der Waals surface area (Å²) in [5.41, 5.74) is 0.864. The van der Waals surface area contributed by atoms with E-state index in [1.54, 1.807) is 26.5 Å². The van der Waals surface area contributed by atoms with Gasteiger partial charge in [-0.25, -0.2) is 0 Å². The molecule has 0 bridgehead atoms. The molecule has 1 saturated carbocycles. The second-order valence-electron chi connectivity index (χ2n) is 5.30. The van der Waals surface area contributed by atoms with Gasteiger partial charge in [0.15, 0.2) is 11.5 Å². The van der Waals surface area contributed by atoms with Crippen LogP contribution in [0.3, 0.4) is 0 Å². The van der Waals surface area contributed by atoms with Crippen LogP contribution in [0.25, 0.3) is 0 Å². The zero-order valence-corrected chi connectivity index (χ0v) is 12.3. The highest BCUT2D eigenvalue weighted by Gasteiger charge is 2.19. The van der Waals surface area contributed by atoms with E-state index < -0.39 is 0 Å². The first-order valence-electron chi connectivity index (χ1n) is 7.19. The molecule has 5 heteroatoms. The first-order chi connectivity index (χ1) is 9.74. The van der Waals surface area contributed by atoms with Crippen LogP contribution in [0.5, 0.6) is 11.5 Å². The lowest BCUT2D eigenvalue weighted by molar-refractivity contribution is 0.108. The third kappa shape index (κ3) is 3.84. The summed E-state index contributed by atoms with van der Waals surface area (Å²) < 4.78 is 10.6. The van der Waals surface area contributed by atoms with Crippen molar-refractivity contribution in [3.63, 3.8) is 0 Å². The van der Waals surface area contributed by atoms with E-state index in [-0.39, 0.29) is 6.10 Å². The first-order valence-corrected chi connectivity index (χ1v) is 7.19. The normalized spacial score (nSPS) is 22.6. The third-order valence-electron chi connectivity index (χ3n) is 3.91. The number of nitrogens with zero attached hydrogens (tertiary/aromatic N) is 1. The average Bonchev–Trinajstić information content (AvgIpc) is 2.49. The molecule has 0 aliphatic heterocycles. The number of aliphatic hydroxyl groups excluding tert-OH is 1. The fourth-order valence-electron chi connectivity index (χ4n) is 2.72. The van der Waals surface area contributed by atoms with Gasteiger partial charge >= 0.3 is 0 Å². The van der Waals surface area contributed by atoms with Gasteiger partial charge in [0, 0.05) is 18.8 Å². The third-order valence-corrected chi connectivity index (χ3v) is 3.91. The summed E-state index contributed by atoms with van der Waals surface area (Å²) in [6, 6.07) is 1.80. The van der Waals surface area contributed by atoms with E-state index in [9.17, 15) is 5.11 Å². The van der Waals surface area contributed by atoms with Gasteiger partial charge in [-0.3, -0.25) is 4.98 Å². The second-order valence-corrected chi connectivity index (χ2v) is 5.30. The number of aromatic nitrogens is 1. The van der Waals surface area contributed by atoms with Gasteiger partial charge in [-0.15, -0.1) is 0 Å². The molecule has 0 radical (unpaired) electrons. The zero-order valence-electron chi connectivity index (χ0n) is 12.3. The molecule has 1 heterocycles. The predicted molar refractivity (Wildman–Crippen MR) is 77.0 cm³/mol. The van der Waals surface area contributed by atoms with Crippen LogP contribution in [0.15, 0.2) is 12.3 Å². The molecule has 112 valence electrons. The molecule has 0 unspecified atom stereocenters.